The summed E-state index contributed by atoms with van der Waals surface area (Å²) in [6, 6.07) is 20.4. The van der Waals surface area contributed by atoms with E-state index in [4.69, 9.17) is 0 Å². The van der Waals surface area contributed by atoms with Crippen LogP contribution in [-0.4, -0.2) is 14.3 Å². The van der Waals surface area contributed by atoms with E-state index in [0.717, 1.165) is 11.1 Å². The van der Waals surface area contributed by atoms with Gasteiger partial charge in [-0.25, -0.2) is 8.42 Å². The largest absolute Gasteiger partial charge is 0.322 e. The summed E-state index contributed by atoms with van der Waals surface area (Å²) in [4.78, 5) is 12.6. The topological polar surface area (TPSA) is 75.3 Å². The maximum atomic E-state index is 12.5. The molecule has 0 atom stereocenters. The van der Waals surface area contributed by atoms with Crippen molar-refractivity contribution in [2.24, 2.45) is 0 Å². The number of anilines is 2. The average Bonchev–Trinajstić information content (AvgIpc) is 2.64. The van der Waals surface area contributed by atoms with E-state index in [1.165, 1.54) is 12.1 Å². The molecule has 2 N–H and O–H groups in total. The van der Waals surface area contributed by atoms with Gasteiger partial charge in [-0.15, -0.1) is 0 Å². The molecule has 1 amide bonds. The van der Waals surface area contributed by atoms with Crippen LogP contribution in [0.5, 0.6) is 0 Å². The maximum absolute atomic E-state index is 12.5. The van der Waals surface area contributed by atoms with Gasteiger partial charge >= 0.3 is 0 Å². The van der Waals surface area contributed by atoms with Gasteiger partial charge in [0.05, 0.1) is 4.90 Å². The third kappa shape index (κ3) is 4.54. The predicted octanol–water partition coefficient (Wildman–Crippen LogP) is 4.36. The van der Waals surface area contributed by atoms with Crippen LogP contribution in [0.2, 0.25) is 0 Å². The molecule has 138 valence electrons. The molecule has 0 unspecified atom stereocenters. The van der Waals surface area contributed by atoms with Gasteiger partial charge < -0.3 is 5.32 Å². The fraction of sp³-hybridized carbons (Fsp3) is 0.0952. The summed E-state index contributed by atoms with van der Waals surface area (Å²) in [5.41, 5.74) is 3.49. The highest BCUT2D eigenvalue weighted by Gasteiger charge is 2.15. The van der Waals surface area contributed by atoms with Crippen LogP contribution in [0, 0.1) is 13.8 Å². The fourth-order valence-corrected chi connectivity index (χ4v) is 3.68. The highest BCUT2D eigenvalue weighted by Crippen LogP contribution is 2.19. The summed E-state index contributed by atoms with van der Waals surface area (Å²) in [6.45, 7) is 3.80. The van der Waals surface area contributed by atoms with Gasteiger partial charge in [-0.05, 0) is 61.9 Å². The number of hydrogen-bond donors (Lipinski definition) is 2. The van der Waals surface area contributed by atoms with Gasteiger partial charge in [0.15, 0.2) is 0 Å². The van der Waals surface area contributed by atoms with Gasteiger partial charge in [0.25, 0.3) is 15.9 Å². The third-order valence-electron chi connectivity index (χ3n) is 4.09. The molecule has 0 bridgehead atoms. The summed E-state index contributed by atoms with van der Waals surface area (Å²) < 4.78 is 27.4. The second-order valence-electron chi connectivity index (χ2n) is 6.27. The Morgan fingerprint density at radius 1 is 0.815 bits per heavy atom. The van der Waals surface area contributed by atoms with E-state index in [2.05, 4.69) is 10.0 Å². The number of carbonyl (C=O) groups excluding carboxylic acids is 1. The zero-order chi connectivity index (χ0) is 19.4. The average molecular weight is 380 g/mol. The first kappa shape index (κ1) is 18.7. The van der Waals surface area contributed by atoms with E-state index in [1.54, 1.807) is 36.4 Å². The Kier molecular flexibility index (Phi) is 5.28. The second kappa shape index (κ2) is 7.63. The molecule has 0 aliphatic rings. The van der Waals surface area contributed by atoms with Crippen LogP contribution in [0.1, 0.15) is 21.5 Å². The summed E-state index contributed by atoms with van der Waals surface area (Å²) in [5, 5.41) is 2.80. The number of nitrogens with one attached hydrogen (secondary N) is 2. The van der Waals surface area contributed by atoms with Crippen molar-refractivity contribution in [3.8, 4) is 0 Å². The summed E-state index contributed by atoms with van der Waals surface area (Å²) in [7, 11) is -3.69. The standard InChI is InChI=1S/C21H20N2O3S/c1-15-8-9-16(2)20(14-15)21(24)22-17-10-12-19(13-11-17)27(25,26)23-18-6-4-3-5-7-18/h3-14,23H,1-2H3,(H,22,24). The Morgan fingerprint density at radius 3 is 2.15 bits per heavy atom. The van der Waals surface area contributed by atoms with Crippen LogP contribution in [0.25, 0.3) is 0 Å². The lowest BCUT2D eigenvalue weighted by molar-refractivity contribution is 0.102. The number of para-hydroxylation sites is 1. The maximum Gasteiger partial charge on any atom is 0.261 e. The van der Waals surface area contributed by atoms with E-state index >= 15 is 0 Å². The Labute approximate surface area is 159 Å². The van der Waals surface area contributed by atoms with Gasteiger partial charge in [-0.1, -0.05) is 35.9 Å². The van der Waals surface area contributed by atoms with Crippen LogP contribution in [0.4, 0.5) is 11.4 Å². The van der Waals surface area contributed by atoms with Gasteiger partial charge in [0.1, 0.15) is 0 Å². The third-order valence-corrected chi connectivity index (χ3v) is 5.48. The Morgan fingerprint density at radius 2 is 1.48 bits per heavy atom. The van der Waals surface area contributed by atoms with Gasteiger partial charge in [-0.3, -0.25) is 9.52 Å². The molecule has 0 saturated carbocycles. The van der Waals surface area contributed by atoms with Crippen LogP contribution >= 0.6 is 0 Å². The van der Waals surface area contributed by atoms with Crippen molar-refractivity contribution in [2.45, 2.75) is 18.7 Å². The van der Waals surface area contributed by atoms with Crippen LogP contribution in [-0.2, 0) is 10.0 Å². The molecule has 0 radical (unpaired) electrons. The van der Waals surface area contributed by atoms with Crippen molar-refractivity contribution in [1.29, 1.82) is 0 Å². The molecule has 3 aromatic rings. The Balaban J connectivity index is 1.75. The van der Waals surface area contributed by atoms with E-state index < -0.39 is 10.0 Å². The molecule has 6 heteroatoms. The van der Waals surface area contributed by atoms with Crippen LogP contribution < -0.4 is 10.0 Å². The minimum Gasteiger partial charge on any atom is -0.322 e. The zero-order valence-corrected chi connectivity index (χ0v) is 15.9. The number of aryl methyl sites for hydroxylation is 2. The smallest absolute Gasteiger partial charge is 0.261 e. The first-order chi connectivity index (χ1) is 12.8. The normalized spacial score (nSPS) is 11.0. The summed E-state index contributed by atoms with van der Waals surface area (Å²) >= 11 is 0. The van der Waals surface area contributed by atoms with E-state index in [9.17, 15) is 13.2 Å². The fourth-order valence-electron chi connectivity index (χ4n) is 2.62. The molecule has 3 aromatic carbocycles. The van der Waals surface area contributed by atoms with Crippen molar-refractivity contribution in [3.05, 3.63) is 89.5 Å². The van der Waals surface area contributed by atoms with Crippen molar-refractivity contribution in [2.75, 3.05) is 10.0 Å². The number of sulfonamides is 1. The van der Waals surface area contributed by atoms with Crippen molar-refractivity contribution >= 4 is 27.3 Å². The number of benzene rings is 3. The zero-order valence-electron chi connectivity index (χ0n) is 15.1. The molecule has 5 nitrogen and oxygen atoms in total. The van der Waals surface area contributed by atoms with Crippen LogP contribution in [0.15, 0.2) is 77.7 Å². The lowest BCUT2D eigenvalue weighted by atomic mass is 10.1. The quantitative estimate of drug-likeness (QED) is 0.691. The second-order valence-corrected chi connectivity index (χ2v) is 7.95. The first-order valence-corrected chi connectivity index (χ1v) is 9.90. The van der Waals surface area contributed by atoms with Crippen molar-refractivity contribution < 1.29 is 13.2 Å². The lowest BCUT2D eigenvalue weighted by Gasteiger charge is -2.10. The Hall–Kier alpha value is -3.12. The molecule has 27 heavy (non-hydrogen) atoms. The molecular weight excluding hydrogens is 360 g/mol. The molecule has 0 aliphatic carbocycles. The molecule has 0 saturated heterocycles. The first-order valence-electron chi connectivity index (χ1n) is 8.42. The molecule has 3 rings (SSSR count). The summed E-state index contributed by atoms with van der Waals surface area (Å²) in [5.74, 6) is -0.228. The highest BCUT2D eigenvalue weighted by atomic mass is 32.2. The molecule has 0 fully saturated rings. The summed E-state index contributed by atoms with van der Waals surface area (Å²) in [6.07, 6.45) is 0. The number of carbonyl (C=O) groups is 1. The molecule has 0 aromatic heterocycles. The molecular formula is C21H20N2O3S. The van der Waals surface area contributed by atoms with Crippen molar-refractivity contribution in [1.82, 2.24) is 0 Å². The number of amides is 1. The number of rotatable bonds is 5. The predicted molar refractivity (Wildman–Crippen MR) is 108 cm³/mol. The van der Waals surface area contributed by atoms with E-state index in [1.807, 2.05) is 38.1 Å². The monoisotopic (exact) mass is 380 g/mol. The molecule has 0 aliphatic heterocycles. The number of hydrogen-bond acceptors (Lipinski definition) is 3. The lowest BCUT2D eigenvalue weighted by Crippen LogP contribution is -2.15. The minimum atomic E-state index is -3.69. The minimum absolute atomic E-state index is 0.121. The van der Waals surface area contributed by atoms with Crippen LogP contribution in [0.3, 0.4) is 0 Å². The molecule has 0 heterocycles. The SMILES string of the molecule is Cc1ccc(C)c(C(=O)Nc2ccc(S(=O)(=O)Nc3ccccc3)cc2)c1. The molecule has 0 spiro atoms. The van der Waals surface area contributed by atoms with Gasteiger partial charge in [0, 0.05) is 16.9 Å². The van der Waals surface area contributed by atoms with E-state index in [-0.39, 0.29) is 10.8 Å². The highest BCUT2D eigenvalue weighted by molar-refractivity contribution is 7.92. The van der Waals surface area contributed by atoms with Gasteiger partial charge in [-0.2, -0.15) is 0 Å². The van der Waals surface area contributed by atoms with Crippen molar-refractivity contribution in [3.63, 3.8) is 0 Å². The van der Waals surface area contributed by atoms with Gasteiger partial charge in [0.2, 0.25) is 0 Å². The Bertz CT molecular complexity index is 1060. The van der Waals surface area contributed by atoms with E-state index in [0.29, 0.717) is 16.9 Å².